The molecule has 2 aromatic carbocycles. The molecule has 3 heteroatoms. The first-order valence-electron chi connectivity index (χ1n) is 5.59. The second kappa shape index (κ2) is 6.13. The molecule has 0 fully saturated rings. The molecule has 0 saturated heterocycles. The minimum atomic E-state index is -0.149. The van der Waals surface area contributed by atoms with Gasteiger partial charge in [0, 0.05) is 0 Å². The molecule has 0 aliphatic carbocycles. The quantitative estimate of drug-likeness (QED) is 0.811. The normalized spacial score (nSPS) is 11.6. The van der Waals surface area contributed by atoms with Gasteiger partial charge in [-0.05, 0) is 36.1 Å². The summed E-state index contributed by atoms with van der Waals surface area (Å²) in [6, 6.07) is 19.6. The van der Waals surface area contributed by atoms with Crippen molar-refractivity contribution in [3.05, 3.63) is 60.2 Å². The number of nitriles is 1. The molecule has 0 aromatic heterocycles. The predicted molar refractivity (Wildman–Crippen MR) is 74.8 cm³/mol. The maximum atomic E-state index is 9.05. The molecule has 2 rings (SSSR count). The van der Waals surface area contributed by atoms with Crippen molar-refractivity contribution in [3.8, 4) is 17.6 Å². The second-order valence-electron chi connectivity index (χ2n) is 3.73. The highest BCUT2D eigenvalue weighted by Gasteiger charge is 2.09. The van der Waals surface area contributed by atoms with E-state index in [9.17, 15) is 0 Å². The van der Waals surface area contributed by atoms with Crippen LogP contribution in [0.15, 0.2) is 54.6 Å². The lowest BCUT2D eigenvalue weighted by Gasteiger charge is -2.09. The molecule has 0 heterocycles. The first-order chi connectivity index (χ1) is 8.83. The molecule has 90 valence electrons. The van der Waals surface area contributed by atoms with Crippen molar-refractivity contribution in [1.29, 1.82) is 5.26 Å². The number of thioether (sulfide) groups is 1. The lowest BCUT2D eigenvalue weighted by molar-refractivity contribution is 0.482. The molecule has 1 atom stereocenters. The standard InChI is InChI=1S/C15H13NOS/c1-18-15(11-16)12-6-5-9-14(10-12)17-13-7-3-2-4-8-13/h2-10,15H,1H3. The maximum absolute atomic E-state index is 9.05. The highest BCUT2D eigenvalue weighted by molar-refractivity contribution is 7.99. The van der Waals surface area contributed by atoms with Gasteiger partial charge in [0.2, 0.25) is 0 Å². The fourth-order valence-electron chi connectivity index (χ4n) is 1.63. The third-order valence-corrected chi connectivity index (χ3v) is 3.34. The van der Waals surface area contributed by atoms with Gasteiger partial charge in [0.1, 0.15) is 16.7 Å². The van der Waals surface area contributed by atoms with E-state index in [-0.39, 0.29) is 5.25 Å². The van der Waals surface area contributed by atoms with Gasteiger partial charge in [0.25, 0.3) is 0 Å². The van der Waals surface area contributed by atoms with Crippen LogP contribution in [-0.2, 0) is 0 Å². The number of hydrogen-bond acceptors (Lipinski definition) is 3. The lowest BCUT2D eigenvalue weighted by Crippen LogP contribution is -1.91. The lowest BCUT2D eigenvalue weighted by atomic mass is 10.1. The van der Waals surface area contributed by atoms with Gasteiger partial charge >= 0.3 is 0 Å². The molecule has 0 radical (unpaired) electrons. The minimum Gasteiger partial charge on any atom is -0.457 e. The summed E-state index contributed by atoms with van der Waals surface area (Å²) in [4.78, 5) is 0. The van der Waals surface area contributed by atoms with Gasteiger partial charge in [-0.15, -0.1) is 11.8 Å². The van der Waals surface area contributed by atoms with Gasteiger partial charge in [-0.25, -0.2) is 0 Å². The Kier molecular flexibility index (Phi) is 4.27. The van der Waals surface area contributed by atoms with Gasteiger partial charge in [-0.1, -0.05) is 30.3 Å². The Hall–Kier alpha value is -1.92. The molecule has 0 N–H and O–H groups in total. The minimum absolute atomic E-state index is 0.149. The number of hydrogen-bond donors (Lipinski definition) is 0. The zero-order valence-electron chi connectivity index (χ0n) is 10.0. The molecular formula is C15H13NOS. The van der Waals surface area contributed by atoms with Crippen LogP contribution in [0.2, 0.25) is 0 Å². The fourth-order valence-corrected chi connectivity index (χ4v) is 2.15. The largest absolute Gasteiger partial charge is 0.457 e. The Bertz CT molecular complexity index is 548. The first-order valence-corrected chi connectivity index (χ1v) is 6.87. The third-order valence-electron chi connectivity index (χ3n) is 2.49. The van der Waals surface area contributed by atoms with Crippen LogP contribution in [0.4, 0.5) is 0 Å². The van der Waals surface area contributed by atoms with Crippen LogP contribution in [-0.4, -0.2) is 6.26 Å². The highest BCUT2D eigenvalue weighted by Crippen LogP contribution is 2.29. The number of para-hydroxylation sites is 1. The van der Waals surface area contributed by atoms with Crippen molar-refractivity contribution in [2.45, 2.75) is 5.25 Å². The van der Waals surface area contributed by atoms with E-state index >= 15 is 0 Å². The molecule has 0 aliphatic rings. The number of benzene rings is 2. The monoisotopic (exact) mass is 255 g/mol. The fraction of sp³-hybridized carbons (Fsp3) is 0.133. The number of rotatable bonds is 4. The summed E-state index contributed by atoms with van der Waals surface area (Å²) in [5.41, 5.74) is 0.971. The third kappa shape index (κ3) is 3.06. The van der Waals surface area contributed by atoms with Crippen molar-refractivity contribution >= 4 is 11.8 Å². The van der Waals surface area contributed by atoms with Gasteiger partial charge in [0.15, 0.2) is 0 Å². The first kappa shape index (κ1) is 12.5. The number of nitrogens with zero attached hydrogens (tertiary/aromatic N) is 1. The van der Waals surface area contributed by atoms with Crippen molar-refractivity contribution < 1.29 is 4.74 Å². The van der Waals surface area contributed by atoms with Gasteiger partial charge < -0.3 is 4.74 Å². The highest BCUT2D eigenvalue weighted by atomic mass is 32.2. The van der Waals surface area contributed by atoms with Gasteiger partial charge in [0.05, 0.1) is 6.07 Å². The summed E-state index contributed by atoms with van der Waals surface area (Å²) in [7, 11) is 0. The Balaban J connectivity index is 2.20. The summed E-state index contributed by atoms with van der Waals surface area (Å²) in [5.74, 6) is 1.56. The van der Waals surface area contributed by atoms with Crippen LogP contribution in [0.25, 0.3) is 0 Å². The molecule has 18 heavy (non-hydrogen) atoms. The van der Waals surface area contributed by atoms with Crippen molar-refractivity contribution in [1.82, 2.24) is 0 Å². The molecular weight excluding hydrogens is 242 g/mol. The Morgan fingerprint density at radius 1 is 1.06 bits per heavy atom. The van der Waals surface area contributed by atoms with Crippen LogP contribution in [0, 0.1) is 11.3 Å². The zero-order chi connectivity index (χ0) is 12.8. The Morgan fingerprint density at radius 2 is 1.78 bits per heavy atom. The molecule has 2 aromatic rings. The van der Waals surface area contributed by atoms with E-state index in [1.165, 1.54) is 11.8 Å². The molecule has 0 aliphatic heterocycles. The average molecular weight is 255 g/mol. The Labute approximate surface area is 111 Å². The zero-order valence-corrected chi connectivity index (χ0v) is 10.9. The van der Waals surface area contributed by atoms with Crippen LogP contribution in [0.1, 0.15) is 10.8 Å². The topological polar surface area (TPSA) is 33.0 Å². The summed E-state index contributed by atoms with van der Waals surface area (Å²) in [6.45, 7) is 0. The van der Waals surface area contributed by atoms with Crippen LogP contribution in [0.3, 0.4) is 0 Å². The van der Waals surface area contributed by atoms with Crippen molar-refractivity contribution in [2.24, 2.45) is 0 Å². The van der Waals surface area contributed by atoms with Gasteiger partial charge in [-0.3, -0.25) is 0 Å². The van der Waals surface area contributed by atoms with E-state index in [1.54, 1.807) is 0 Å². The van der Waals surface area contributed by atoms with Crippen LogP contribution in [0.5, 0.6) is 11.5 Å². The maximum Gasteiger partial charge on any atom is 0.127 e. The predicted octanol–water partition coefficient (Wildman–Crippen LogP) is 4.41. The van der Waals surface area contributed by atoms with E-state index in [1.807, 2.05) is 60.9 Å². The SMILES string of the molecule is CSC(C#N)c1cccc(Oc2ccccc2)c1. The van der Waals surface area contributed by atoms with E-state index in [2.05, 4.69) is 6.07 Å². The van der Waals surface area contributed by atoms with E-state index < -0.39 is 0 Å². The summed E-state index contributed by atoms with van der Waals surface area (Å²) < 4.78 is 5.74. The van der Waals surface area contributed by atoms with Crippen LogP contribution < -0.4 is 4.74 Å². The molecule has 0 saturated carbocycles. The molecule has 0 bridgehead atoms. The van der Waals surface area contributed by atoms with Gasteiger partial charge in [-0.2, -0.15) is 5.26 Å². The summed E-state index contributed by atoms with van der Waals surface area (Å²) in [6.07, 6.45) is 1.93. The van der Waals surface area contributed by atoms with Crippen molar-refractivity contribution in [3.63, 3.8) is 0 Å². The summed E-state index contributed by atoms with van der Waals surface area (Å²) in [5, 5.41) is 8.90. The van der Waals surface area contributed by atoms with Crippen molar-refractivity contribution in [2.75, 3.05) is 6.26 Å². The average Bonchev–Trinajstić information content (AvgIpc) is 2.42. The summed E-state index contributed by atoms with van der Waals surface area (Å²) >= 11 is 1.52. The smallest absolute Gasteiger partial charge is 0.127 e. The van der Waals surface area contributed by atoms with E-state index in [4.69, 9.17) is 10.00 Å². The molecule has 2 nitrogen and oxygen atoms in total. The van der Waals surface area contributed by atoms with E-state index in [0.717, 1.165) is 17.1 Å². The molecule has 0 spiro atoms. The van der Waals surface area contributed by atoms with Crippen LogP contribution >= 0.6 is 11.8 Å². The molecule has 0 amide bonds. The second-order valence-corrected chi connectivity index (χ2v) is 4.68. The van der Waals surface area contributed by atoms with E-state index in [0.29, 0.717) is 0 Å². The number of ether oxygens (including phenoxy) is 1. The Morgan fingerprint density at radius 3 is 2.44 bits per heavy atom. The molecule has 1 unspecified atom stereocenters.